The molecule has 0 saturated carbocycles. The lowest BCUT2D eigenvalue weighted by Gasteiger charge is -2.33. The molecule has 0 aliphatic carbocycles. The molecule has 2 aliphatic heterocycles. The van der Waals surface area contributed by atoms with Crippen molar-refractivity contribution in [3.05, 3.63) is 35.9 Å². The van der Waals surface area contributed by atoms with Gasteiger partial charge in [0, 0.05) is 13.1 Å². The molecule has 0 bridgehead atoms. The van der Waals surface area contributed by atoms with Gasteiger partial charge in [-0.25, -0.2) is 4.79 Å². The summed E-state index contributed by atoms with van der Waals surface area (Å²) in [5.74, 6) is 0. The number of hydrogen-bond acceptors (Lipinski definition) is 3. The Morgan fingerprint density at radius 3 is 2.89 bits per heavy atom. The number of benzene rings is 1. The smallest absolute Gasteiger partial charge is 0.410 e. The van der Waals surface area contributed by atoms with Gasteiger partial charge in [-0.15, -0.1) is 0 Å². The summed E-state index contributed by atoms with van der Waals surface area (Å²) in [4.78, 5) is 14.2. The second kappa shape index (κ2) is 5.21. The molecule has 4 nitrogen and oxygen atoms in total. The molecule has 0 unspecified atom stereocenters. The van der Waals surface area contributed by atoms with E-state index >= 15 is 0 Å². The Balaban J connectivity index is 1.61. The van der Waals surface area contributed by atoms with Crippen molar-refractivity contribution in [3.8, 4) is 0 Å². The van der Waals surface area contributed by atoms with Crippen LogP contribution in [0.5, 0.6) is 0 Å². The molecule has 2 aliphatic rings. The number of ether oxygens (including phenoxy) is 1. The van der Waals surface area contributed by atoms with E-state index in [9.17, 15) is 4.79 Å². The standard InChI is InChI=1S/C15H20N2O2/c18-14(19-11-13-5-2-1-3-6-13)17-10-4-7-15(17)8-9-16-12-15/h1-3,5-6,16H,4,7-12H2/t15-/m1/s1. The predicted octanol–water partition coefficient (Wildman–Crippen LogP) is 2.15. The van der Waals surface area contributed by atoms with Gasteiger partial charge in [-0.3, -0.25) is 0 Å². The summed E-state index contributed by atoms with van der Waals surface area (Å²) in [6, 6.07) is 9.84. The monoisotopic (exact) mass is 260 g/mol. The number of nitrogens with one attached hydrogen (secondary N) is 1. The lowest BCUT2D eigenvalue weighted by atomic mass is 9.96. The van der Waals surface area contributed by atoms with Gasteiger partial charge < -0.3 is 15.0 Å². The van der Waals surface area contributed by atoms with Crippen LogP contribution in [-0.4, -0.2) is 36.2 Å². The van der Waals surface area contributed by atoms with Crippen molar-refractivity contribution in [2.24, 2.45) is 0 Å². The minimum absolute atomic E-state index is 0.0216. The maximum Gasteiger partial charge on any atom is 0.410 e. The molecule has 1 spiro atoms. The van der Waals surface area contributed by atoms with Crippen LogP contribution in [-0.2, 0) is 11.3 Å². The first kappa shape index (κ1) is 12.5. The minimum atomic E-state index is -0.162. The first-order chi connectivity index (χ1) is 9.30. The summed E-state index contributed by atoms with van der Waals surface area (Å²) in [6.45, 7) is 3.10. The van der Waals surface area contributed by atoms with Gasteiger partial charge in [-0.1, -0.05) is 30.3 Å². The highest BCUT2D eigenvalue weighted by molar-refractivity contribution is 5.69. The van der Waals surface area contributed by atoms with Crippen molar-refractivity contribution in [2.75, 3.05) is 19.6 Å². The molecular weight excluding hydrogens is 240 g/mol. The molecule has 1 atom stereocenters. The molecule has 1 N–H and O–H groups in total. The number of hydrogen-bond donors (Lipinski definition) is 1. The van der Waals surface area contributed by atoms with Gasteiger partial charge in [-0.05, 0) is 31.4 Å². The van der Waals surface area contributed by atoms with Crippen LogP contribution in [0.4, 0.5) is 4.79 Å². The van der Waals surface area contributed by atoms with E-state index in [0.717, 1.165) is 44.5 Å². The first-order valence-corrected chi connectivity index (χ1v) is 6.99. The van der Waals surface area contributed by atoms with Crippen molar-refractivity contribution < 1.29 is 9.53 Å². The molecule has 1 aromatic carbocycles. The molecule has 1 amide bonds. The Morgan fingerprint density at radius 1 is 1.32 bits per heavy atom. The summed E-state index contributed by atoms with van der Waals surface area (Å²) in [5.41, 5.74) is 1.06. The SMILES string of the molecule is O=C(OCc1ccccc1)N1CCC[C@]12CCNC2. The Labute approximate surface area is 113 Å². The third kappa shape index (κ3) is 2.45. The number of nitrogens with zero attached hydrogens (tertiary/aromatic N) is 1. The van der Waals surface area contributed by atoms with Crippen LogP contribution in [0.25, 0.3) is 0 Å². The Morgan fingerprint density at radius 2 is 2.16 bits per heavy atom. The van der Waals surface area contributed by atoms with Crippen LogP contribution in [0.3, 0.4) is 0 Å². The highest BCUT2D eigenvalue weighted by atomic mass is 16.6. The summed E-state index contributed by atoms with van der Waals surface area (Å²) < 4.78 is 5.46. The molecule has 0 radical (unpaired) electrons. The fourth-order valence-corrected chi connectivity index (χ4v) is 3.19. The Kier molecular flexibility index (Phi) is 3.42. The van der Waals surface area contributed by atoms with Crippen LogP contribution in [0.2, 0.25) is 0 Å². The Hall–Kier alpha value is -1.55. The van der Waals surface area contributed by atoms with Crippen molar-refractivity contribution in [2.45, 2.75) is 31.4 Å². The molecule has 0 aromatic heterocycles. The van der Waals surface area contributed by atoms with E-state index in [1.165, 1.54) is 0 Å². The van der Waals surface area contributed by atoms with Crippen LogP contribution < -0.4 is 5.32 Å². The highest BCUT2D eigenvalue weighted by Gasteiger charge is 2.46. The van der Waals surface area contributed by atoms with Gasteiger partial charge in [-0.2, -0.15) is 0 Å². The predicted molar refractivity (Wildman–Crippen MR) is 72.8 cm³/mol. The average Bonchev–Trinajstić information content (AvgIpc) is 3.08. The van der Waals surface area contributed by atoms with Gasteiger partial charge >= 0.3 is 6.09 Å². The van der Waals surface area contributed by atoms with E-state index in [-0.39, 0.29) is 11.6 Å². The van der Waals surface area contributed by atoms with Crippen molar-refractivity contribution in [3.63, 3.8) is 0 Å². The number of rotatable bonds is 2. The van der Waals surface area contributed by atoms with E-state index in [1.54, 1.807) is 0 Å². The molecule has 2 saturated heterocycles. The fraction of sp³-hybridized carbons (Fsp3) is 0.533. The van der Waals surface area contributed by atoms with Crippen LogP contribution in [0.1, 0.15) is 24.8 Å². The van der Waals surface area contributed by atoms with Crippen LogP contribution in [0.15, 0.2) is 30.3 Å². The maximum absolute atomic E-state index is 12.3. The minimum Gasteiger partial charge on any atom is -0.445 e. The van der Waals surface area contributed by atoms with Crippen LogP contribution >= 0.6 is 0 Å². The van der Waals surface area contributed by atoms with E-state index in [0.29, 0.717) is 6.61 Å². The van der Waals surface area contributed by atoms with E-state index in [4.69, 9.17) is 4.74 Å². The Bertz CT molecular complexity index is 435. The van der Waals surface area contributed by atoms with Gasteiger partial charge in [0.25, 0.3) is 0 Å². The normalized spacial score (nSPS) is 26.0. The summed E-state index contributed by atoms with van der Waals surface area (Å²) >= 11 is 0. The van der Waals surface area contributed by atoms with Crippen molar-refractivity contribution >= 4 is 6.09 Å². The number of carbonyl (C=O) groups excluding carboxylic acids is 1. The number of likely N-dealkylation sites (tertiary alicyclic amines) is 1. The molecule has 1 aromatic rings. The van der Waals surface area contributed by atoms with Crippen molar-refractivity contribution in [1.29, 1.82) is 0 Å². The van der Waals surface area contributed by atoms with E-state index in [2.05, 4.69) is 5.32 Å². The zero-order valence-corrected chi connectivity index (χ0v) is 11.1. The third-order valence-corrected chi connectivity index (χ3v) is 4.24. The van der Waals surface area contributed by atoms with Gasteiger partial charge in [0.15, 0.2) is 0 Å². The van der Waals surface area contributed by atoms with Crippen molar-refractivity contribution in [1.82, 2.24) is 10.2 Å². The lowest BCUT2D eigenvalue weighted by Crippen LogP contribution is -2.48. The second-order valence-corrected chi connectivity index (χ2v) is 5.45. The zero-order chi connectivity index (χ0) is 13.1. The zero-order valence-electron chi connectivity index (χ0n) is 11.1. The fourth-order valence-electron chi connectivity index (χ4n) is 3.19. The highest BCUT2D eigenvalue weighted by Crippen LogP contribution is 2.34. The summed E-state index contributed by atoms with van der Waals surface area (Å²) in [5, 5.41) is 3.36. The van der Waals surface area contributed by atoms with Gasteiger partial charge in [0.1, 0.15) is 6.61 Å². The molecule has 3 rings (SSSR count). The number of carbonyl (C=O) groups is 1. The number of amides is 1. The largest absolute Gasteiger partial charge is 0.445 e. The lowest BCUT2D eigenvalue weighted by molar-refractivity contribution is 0.0704. The van der Waals surface area contributed by atoms with E-state index < -0.39 is 0 Å². The second-order valence-electron chi connectivity index (χ2n) is 5.45. The quantitative estimate of drug-likeness (QED) is 0.886. The molecule has 19 heavy (non-hydrogen) atoms. The molecule has 102 valence electrons. The molecule has 4 heteroatoms. The first-order valence-electron chi connectivity index (χ1n) is 6.99. The topological polar surface area (TPSA) is 41.6 Å². The molecule has 2 fully saturated rings. The van der Waals surface area contributed by atoms with E-state index in [1.807, 2.05) is 35.2 Å². The van der Waals surface area contributed by atoms with Gasteiger partial charge in [0.05, 0.1) is 5.54 Å². The third-order valence-electron chi connectivity index (χ3n) is 4.24. The maximum atomic E-state index is 12.3. The molecular formula is C15H20N2O2. The summed E-state index contributed by atoms with van der Waals surface area (Å²) in [6.07, 6.45) is 3.07. The van der Waals surface area contributed by atoms with Gasteiger partial charge in [0.2, 0.25) is 0 Å². The van der Waals surface area contributed by atoms with Crippen LogP contribution in [0, 0.1) is 0 Å². The average molecular weight is 260 g/mol. The molecule has 2 heterocycles. The summed E-state index contributed by atoms with van der Waals surface area (Å²) in [7, 11) is 0.